The predicted octanol–water partition coefficient (Wildman–Crippen LogP) is 4.34. The van der Waals surface area contributed by atoms with Crippen molar-refractivity contribution in [2.24, 2.45) is 0 Å². The third-order valence-electron chi connectivity index (χ3n) is 4.60. The van der Waals surface area contributed by atoms with E-state index in [-0.39, 0.29) is 12.0 Å². The molecule has 0 saturated heterocycles. The Morgan fingerprint density at radius 2 is 1.64 bits per heavy atom. The van der Waals surface area contributed by atoms with Crippen molar-refractivity contribution in [1.82, 2.24) is 4.90 Å². The molecular weight excluding hydrogens is 352 g/mol. The molecule has 0 bridgehead atoms. The van der Waals surface area contributed by atoms with Gasteiger partial charge in [-0.15, -0.1) is 0 Å². The minimum atomic E-state index is -0.210. The van der Waals surface area contributed by atoms with Crippen molar-refractivity contribution in [3.63, 3.8) is 0 Å². The van der Waals surface area contributed by atoms with Gasteiger partial charge in [-0.3, -0.25) is 4.79 Å². The van der Waals surface area contributed by atoms with E-state index in [1.807, 2.05) is 78.9 Å². The molecule has 5 nitrogen and oxygen atoms in total. The van der Waals surface area contributed by atoms with Gasteiger partial charge in [0.25, 0.3) is 5.91 Å². The first-order valence-electron chi connectivity index (χ1n) is 9.26. The van der Waals surface area contributed by atoms with Gasteiger partial charge in [0.1, 0.15) is 6.61 Å². The van der Waals surface area contributed by atoms with Gasteiger partial charge in [0.05, 0.1) is 17.8 Å². The van der Waals surface area contributed by atoms with E-state index in [9.17, 15) is 4.79 Å². The number of carbonyl (C=O) groups excluding carboxylic acids is 1. The Labute approximate surface area is 164 Å². The van der Waals surface area contributed by atoms with Crippen LogP contribution in [0.15, 0.2) is 78.9 Å². The Morgan fingerprint density at radius 3 is 2.46 bits per heavy atom. The summed E-state index contributed by atoms with van der Waals surface area (Å²) in [5.41, 5.74) is 2.33. The first-order valence-corrected chi connectivity index (χ1v) is 9.26. The highest BCUT2D eigenvalue weighted by atomic mass is 16.6. The minimum Gasteiger partial charge on any atom is -0.486 e. The van der Waals surface area contributed by atoms with Crippen LogP contribution >= 0.6 is 0 Å². The van der Waals surface area contributed by atoms with E-state index in [0.717, 1.165) is 17.1 Å². The van der Waals surface area contributed by atoms with Crippen LogP contribution in [0.3, 0.4) is 0 Å². The quantitative estimate of drug-likeness (QED) is 0.722. The van der Waals surface area contributed by atoms with Crippen LogP contribution in [-0.2, 0) is 0 Å². The average Bonchev–Trinajstić information content (AvgIpc) is 2.74. The SMILES string of the molecule is CN(C[C@@H]1COc2ccccc2O1)C(=O)c1ccccc1Nc1ccccc1. The fourth-order valence-corrected chi connectivity index (χ4v) is 3.20. The number of likely N-dealkylation sites (N-methyl/N-ethyl adjacent to an activating group) is 1. The summed E-state index contributed by atoms with van der Waals surface area (Å²) in [5, 5.41) is 3.32. The third-order valence-corrected chi connectivity index (χ3v) is 4.60. The topological polar surface area (TPSA) is 50.8 Å². The molecule has 142 valence electrons. The minimum absolute atomic E-state index is 0.0681. The van der Waals surface area contributed by atoms with Gasteiger partial charge in [0, 0.05) is 12.7 Å². The molecule has 1 aliphatic heterocycles. The number of para-hydroxylation sites is 4. The molecule has 1 heterocycles. The molecule has 0 spiro atoms. The summed E-state index contributed by atoms with van der Waals surface area (Å²) in [4.78, 5) is 14.7. The van der Waals surface area contributed by atoms with Crippen LogP contribution in [0.5, 0.6) is 11.5 Å². The molecular formula is C23H22N2O3. The van der Waals surface area contributed by atoms with Gasteiger partial charge in [0.15, 0.2) is 17.6 Å². The van der Waals surface area contributed by atoms with Gasteiger partial charge in [-0.05, 0) is 36.4 Å². The van der Waals surface area contributed by atoms with Crippen LogP contribution in [0.1, 0.15) is 10.4 Å². The Bertz CT molecular complexity index is 959. The standard InChI is InChI=1S/C23H22N2O3/c1-25(15-18-16-27-21-13-7-8-14-22(21)28-18)23(26)19-11-5-6-12-20(19)24-17-9-3-2-4-10-17/h2-14,18,24H,15-16H2,1H3/t18-/m1/s1. The van der Waals surface area contributed by atoms with Gasteiger partial charge in [-0.2, -0.15) is 0 Å². The highest BCUT2D eigenvalue weighted by Gasteiger charge is 2.25. The largest absolute Gasteiger partial charge is 0.486 e. The fourth-order valence-electron chi connectivity index (χ4n) is 3.20. The summed E-state index contributed by atoms with van der Waals surface area (Å²) in [7, 11) is 1.78. The van der Waals surface area contributed by atoms with Crippen molar-refractivity contribution in [2.75, 3.05) is 25.5 Å². The molecule has 4 rings (SSSR count). The Balaban J connectivity index is 1.46. The summed E-state index contributed by atoms with van der Waals surface area (Å²) in [5.74, 6) is 1.39. The lowest BCUT2D eigenvalue weighted by Gasteiger charge is -2.30. The molecule has 1 atom stereocenters. The lowest BCUT2D eigenvalue weighted by molar-refractivity contribution is 0.0521. The number of amides is 1. The van der Waals surface area contributed by atoms with Gasteiger partial charge in [-0.25, -0.2) is 0 Å². The highest BCUT2D eigenvalue weighted by Crippen LogP contribution is 2.31. The summed E-state index contributed by atoms with van der Waals surface area (Å²) in [6.07, 6.45) is -0.210. The molecule has 5 heteroatoms. The van der Waals surface area contributed by atoms with E-state index in [4.69, 9.17) is 9.47 Å². The van der Waals surface area contributed by atoms with Crippen LogP contribution in [-0.4, -0.2) is 37.1 Å². The second-order valence-corrected chi connectivity index (χ2v) is 6.72. The lowest BCUT2D eigenvalue weighted by Crippen LogP contribution is -2.41. The second kappa shape index (κ2) is 8.05. The number of hydrogen-bond acceptors (Lipinski definition) is 4. The molecule has 0 radical (unpaired) electrons. The van der Waals surface area contributed by atoms with Crippen molar-refractivity contribution in [3.8, 4) is 11.5 Å². The van der Waals surface area contributed by atoms with Crippen molar-refractivity contribution < 1.29 is 14.3 Å². The third kappa shape index (κ3) is 3.93. The van der Waals surface area contributed by atoms with Gasteiger partial charge >= 0.3 is 0 Å². The molecule has 0 aromatic heterocycles. The van der Waals surface area contributed by atoms with E-state index >= 15 is 0 Å². The molecule has 3 aromatic rings. The zero-order valence-corrected chi connectivity index (χ0v) is 15.7. The van der Waals surface area contributed by atoms with E-state index in [1.165, 1.54) is 0 Å². The van der Waals surface area contributed by atoms with Crippen molar-refractivity contribution in [2.45, 2.75) is 6.10 Å². The van der Waals surface area contributed by atoms with Crippen LogP contribution in [0.4, 0.5) is 11.4 Å². The van der Waals surface area contributed by atoms with Crippen molar-refractivity contribution >= 4 is 17.3 Å². The molecule has 3 aromatic carbocycles. The monoisotopic (exact) mass is 374 g/mol. The molecule has 0 aliphatic carbocycles. The molecule has 0 saturated carbocycles. The second-order valence-electron chi connectivity index (χ2n) is 6.72. The Kier molecular flexibility index (Phi) is 5.15. The number of hydrogen-bond donors (Lipinski definition) is 1. The predicted molar refractivity (Wildman–Crippen MR) is 109 cm³/mol. The van der Waals surface area contributed by atoms with Crippen molar-refractivity contribution in [1.29, 1.82) is 0 Å². The first kappa shape index (κ1) is 17.9. The Hall–Kier alpha value is -3.47. The van der Waals surface area contributed by atoms with Crippen molar-refractivity contribution in [3.05, 3.63) is 84.4 Å². The zero-order valence-electron chi connectivity index (χ0n) is 15.7. The average molecular weight is 374 g/mol. The smallest absolute Gasteiger partial charge is 0.255 e. The number of benzene rings is 3. The maximum atomic E-state index is 13.1. The molecule has 1 amide bonds. The van der Waals surface area contributed by atoms with Crippen LogP contribution in [0.2, 0.25) is 0 Å². The number of carbonyl (C=O) groups is 1. The summed E-state index contributed by atoms with van der Waals surface area (Å²) in [6.45, 7) is 0.853. The zero-order chi connectivity index (χ0) is 19.3. The number of ether oxygens (including phenoxy) is 2. The van der Waals surface area contributed by atoms with E-state index in [2.05, 4.69) is 5.32 Å². The number of nitrogens with zero attached hydrogens (tertiary/aromatic N) is 1. The lowest BCUT2D eigenvalue weighted by atomic mass is 10.1. The normalized spacial score (nSPS) is 15.0. The number of fused-ring (bicyclic) bond motifs is 1. The molecule has 1 N–H and O–H groups in total. The molecule has 1 aliphatic rings. The number of nitrogens with one attached hydrogen (secondary N) is 1. The maximum absolute atomic E-state index is 13.1. The fraction of sp³-hybridized carbons (Fsp3) is 0.174. The van der Waals surface area contributed by atoms with Gasteiger partial charge in [-0.1, -0.05) is 42.5 Å². The highest BCUT2D eigenvalue weighted by molar-refractivity contribution is 6.00. The molecule has 28 heavy (non-hydrogen) atoms. The van der Waals surface area contributed by atoms with Crippen LogP contribution < -0.4 is 14.8 Å². The summed E-state index contributed by atoms with van der Waals surface area (Å²) >= 11 is 0. The maximum Gasteiger partial charge on any atom is 0.255 e. The van der Waals surface area contributed by atoms with Crippen LogP contribution in [0.25, 0.3) is 0 Å². The first-order chi connectivity index (χ1) is 13.7. The molecule has 0 fully saturated rings. The van der Waals surface area contributed by atoms with E-state index in [0.29, 0.717) is 24.5 Å². The van der Waals surface area contributed by atoms with Crippen LogP contribution in [0, 0.1) is 0 Å². The van der Waals surface area contributed by atoms with E-state index < -0.39 is 0 Å². The summed E-state index contributed by atoms with van der Waals surface area (Å²) < 4.78 is 11.7. The van der Waals surface area contributed by atoms with E-state index in [1.54, 1.807) is 11.9 Å². The summed E-state index contributed by atoms with van der Waals surface area (Å²) in [6, 6.07) is 24.9. The Morgan fingerprint density at radius 1 is 0.964 bits per heavy atom. The number of anilines is 2. The van der Waals surface area contributed by atoms with Gasteiger partial charge in [0.2, 0.25) is 0 Å². The van der Waals surface area contributed by atoms with Gasteiger partial charge < -0.3 is 19.7 Å². The molecule has 0 unspecified atom stereocenters. The number of rotatable bonds is 5.